The average molecular weight is 310 g/mol. The summed E-state index contributed by atoms with van der Waals surface area (Å²) in [6, 6.07) is 12.5. The van der Waals surface area contributed by atoms with Crippen molar-refractivity contribution >= 4 is 17.4 Å². The minimum absolute atomic E-state index is 0.155. The van der Waals surface area contributed by atoms with E-state index in [1.807, 2.05) is 6.07 Å². The van der Waals surface area contributed by atoms with Crippen LogP contribution in [0.2, 0.25) is 0 Å². The van der Waals surface area contributed by atoms with Gasteiger partial charge >= 0.3 is 0 Å². The Morgan fingerprint density at radius 2 is 2.22 bits per heavy atom. The van der Waals surface area contributed by atoms with Crippen LogP contribution in [0.5, 0.6) is 0 Å². The number of nitriles is 1. The number of amides is 1. The first kappa shape index (κ1) is 16.5. The summed E-state index contributed by atoms with van der Waals surface area (Å²) >= 11 is 0. The normalized spacial score (nSPS) is 9.91. The molecule has 0 saturated heterocycles. The molecule has 2 aromatic rings. The van der Waals surface area contributed by atoms with Gasteiger partial charge in [-0.15, -0.1) is 0 Å². The Morgan fingerprint density at radius 3 is 3.00 bits per heavy atom. The molecule has 0 radical (unpaired) electrons. The van der Waals surface area contributed by atoms with Crippen LogP contribution in [0, 0.1) is 11.3 Å². The summed E-state index contributed by atoms with van der Waals surface area (Å²) in [5.74, 6) is 0.391. The van der Waals surface area contributed by atoms with Crippen LogP contribution >= 0.6 is 0 Å². The number of rotatable bonds is 7. The molecule has 0 spiro atoms. The second-order valence-electron chi connectivity index (χ2n) is 4.85. The fourth-order valence-electron chi connectivity index (χ4n) is 1.98. The molecule has 23 heavy (non-hydrogen) atoms. The van der Waals surface area contributed by atoms with E-state index in [0.29, 0.717) is 30.1 Å². The highest BCUT2D eigenvalue weighted by Gasteiger charge is 2.06. The van der Waals surface area contributed by atoms with Crippen molar-refractivity contribution in [1.82, 2.24) is 10.3 Å². The zero-order valence-corrected chi connectivity index (χ0v) is 12.9. The number of carbonyl (C=O) groups is 1. The van der Waals surface area contributed by atoms with E-state index in [4.69, 9.17) is 10.00 Å². The summed E-state index contributed by atoms with van der Waals surface area (Å²) < 4.78 is 4.94. The monoisotopic (exact) mass is 310 g/mol. The van der Waals surface area contributed by atoms with Gasteiger partial charge in [-0.1, -0.05) is 6.07 Å². The summed E-state index contributed by atoms with van der Waals surface area (Å²) in [5, 5.41) is 14.8. The number of pyridine rings is 1. The minimum Gasteiger partial charge on any atom is -0.385 e. The molecule has 0 bridgehead atoms. The molecule has 0 unspecified atom stereocenters. The van der Waals surface area contributed by atoms with Gasteiger partial charge in [-0.3, -0.25) is 4.79 Å². The molecule has 6 nitrogen and oxygen atoms in total. The van der Waals surface area contributed by atoms with Gasteiger partial charge in [0.05, 0.1) is 11.6 Å². The van der Waals surface area contributed by atoms with Gasteiger partial charge in [-0.05, 0) is 36.8 Å². The number of nitrogens with one attached hydrogen (secondary N) is 2. The predicted octanol–water partition coefficient (Wildman–Crippen LogP) is 2.46. The summed E-state index contributed by atoms with van der Waals surface area (Å²) in [6.07, 6.45) is 2.33. The van der Waals surface area contributed by atoms with Crippen LogP contribution in [0.15, 0.2) is 42.6 Å². The van der Waals surface area contributed by atoms with Crippen LogP contribution in [0.1, 0.15) is 22.3 Å². The van der Waals surface area contributed by atoms with E-state index < -0.39 is 0 Å². The van der Waals surface area contributed by atoms with Crippen molar-refractivity contribution in [3.8, 4) is 6.07 Å². The Kier molecular flexibility index (Phi) is 6.09. The van der Waals surface area contributed by atoms with Crippen LogP contribution in [-0.4, -0.2) is 31.2 Å². The molecule has 6 heteroatoms. The van der Waals surface area contributed by atoms with Crippen molar-refractivity contribution in [3.63, 3.8) is 0 Å². The zero-order chi connectivity index (χ0) is 16.5. The lowest BCUT2D eigenvalue weighted by Gasteiger charge is -2.08. The molecule has 2 rings (SSSR count). The highest BCUT2D eigenvalue weighted by atomic mass is 16.5. The Balaban J connectivity index is 2.01. The van der Waals surface area contributed by atoms with E-state index in [0.717, 1.165) is 12.1 Å². The highest BCUT2D eigenvalue weighted by molar-refractivity contribution is 5.94. The molecule has 118 valence electrons. The molecule has 0 saturated carbocycles. The Bertz CT molecular complexity index is 710. The maximum absolute atomic E-state index is 12.1. The van der Waals surface area contributed by atoms with Gasteiger partial charge in [0, 0.05) is 37.7 Å². The van der Waals surface area contributed by atoms with Crippen LogP contribution in [0.4, 0.5) is 11.5 Å². The second-order valence-corrected chi connectivity index (χ2v) is 4.85. The fraction of sp³-hybridized carbons (Fsp3) is 0.235. The predicted molar refractivity (Wildman–Crippen MR) is 87.5 cm³/mol. The van der Waals surface area contributed by atoms with E-state index in [1.54, 1.807) is 43.6 Å². The third-order valence-electron chi connectivity index (χ3n) is 3.10. The molecule has 1 heterocycles. The molecule has 0 atom stereocenters. The number of benzene rings is 1. The van der Waals surface area contributed by atoms with E-state index in [1.165, 1.54) is 0 Å². The minimum atomic E-state index is -0.155. The quantitative estimate of drug-likeness (QED) is 0.767. The number of ether oxygens (including phenoxy) is 1. The van der Waals surface area contributed by atoms with Gasteiger partial charge in [-0.2, -0.15) is 5.26 Å². The highest BCUT2D eigenvalue weighted by Crippen LogP contribution is 2.16. The SMILES string of the molecule is COCCCNC(=O)c1ccnc(Nc2cccc(C#N)c2)c1. The number of hydrogen-bond acceptors (Lipinski definition) is 5. The molecule has 1 amide bonds. The standard InChI is InChI=1S/C17H18N4O2/c1-23-9-3-7-20-17(22)14-6-8-19-16(11-14)21-15-5-2-4-13(10-15)12-18/h2,4-6,8,10-11H,3,7,9H2,1H3,(H,19,21)(H,20,22). The Morgan fingerprint density at radius 1 is 1.35 bits per heavy atom. The molecule has 0 fully saturated rings. The number of methoxy groups -OCH3 is 1. The number of nitrogens with zero attached hydrogens (tertiary/aromatic N) is 2. The van der Waals surface area contributed by atoms with Crippen molar-refractivity contribution in [2.45, 2.75) is 6.42 Å². The molecule has 0 aliphatic heterocycles. The maximum atomic E-state index is 12.1. The second kappa shape index (κ2) is 8.51. The van der Waals surface area contributed by atoms with Gasteiger partial charge < -0.3 is 15.4 Å². The van der Waals surface area contributed by atoms with Crippen molar-refractivity contribution in [1.29, 1.82) is 5.26 Å². The van der Waals surface area contributed by atoms with E-state index in [-0.39, 0.29) is 5.91 Å². The molecular formula is C17H18N4O2. The lowest BCUT2D eigenvalue weighted by Crippen LogP contribution is -2.25. The van der Waals surface area contributed by atoms with Crippen molar-refractivity contribution in [2.75, 3.05) is 25.6 Å². The lowest BCUT2D eigenvalue weighted by molar-refractivity contribution is 0.0948. The fourth-order valence-corrected chi connectivity index (χ4v) is 1.98. The number of hydrogen-bond donors (Lipinski definition) is 2. The Labute approximate surface area is 135 Å². The summed E-state index contributed by atoms with van der Waals surface area (Å²) in [7, 11) is 1.63. The van der Waals surface area contributed by atoms with E-state index in [2.05, 4.69) is 21.7 Å². The van der Waals surface area contributed by atoms with Gasteiger partial charge in [0.25, 0.3) is 5.91 Å². The van der Waals surface area contributed by atoms with Gasteiger partial charge in [0.1, 0.15) is 5.82 Å². The summed E-state index contributed by atoms with van der Waals surface area (Å²) in [4.78, 5) is 16.3. The van der Waals surface area contributed by atoms with Crippen LogP contribution in [0.3, 0.4) is 0 Å². The van der Waals surface area contributed by atoms with Crippen molar-refractivity contribution in [2.24, 2.45) is 0 Å². The first-order valence-electron chi connectivity index (χ1n) is 7.23. The Hall–Kier alpha value is -2.91. The molecular weight excluding hydrogens is 292 g/mol. The largest absolute Gasteiger partial charge is 0.385 e. The van der Waals surface area contributed by atoms with Gasteiger partial charge in [-0.25, -0.2) is 4.98 Å². The smallest absolute Gasteiger partial charge is 0.251 e. The zero-order valence-electron chi connectivity index (χ0n) is 12.9. The number of carbonyl (C=O) groups excluding carboxylic acids is 1. The third kappa shape index (κ3) is 5.09. The number of aromatic nitrogens is 1. The molecule has 1 aromatic carbocycles. The van der Waals surface area contributed by atoms with Crippen molar-refractivity contribution in [3.05, 3.63) is 53.7 Å². The van der Waals surface area contributed by atoms with Gasteiger partial charge in [0.2, 0.25) is 0 Å². The lowest BCUT2D eigenvalue weighted by atomic mass is 10.2. The first-order valence-corrected chi connectivity index (χ1v) is 7.23. The topological polar surface area (TPSA) is 87.0 Å². The van der Waals surface area contributed by atoms with Crippen LogP contribution in [0.25, 0.3) is 0 Å². The summed E-state index contributed by atoms with van der Waals surface area (Å²) in [5.41, 5.74) is 1.83. The maximum Gasteiger partial charge on any atom is 0.251 e. The molecule has 0 aliphatic carbocycles. The molecule has 1 aromatic heterocycles. The van der Waals surface area contributed by atoms with E-state index >= 15 is 0 Å². The van der Waals surface area contributed by atoms with Gasteiger partial charge in [0.15, 0.2) is 0 Å². The number of anilines is 2. The van der Waals surface area contributed by atoms with Crippen LogP contribution in [-0.2, 0) is 4.74 Å². The first-order chi connectivity index (χ1) is 11.2. The van der Waals surface area contributed by atoms with Crippen molar-refractivity contribution < 1.29 is 9.53 Å². The molecule has 0 aliphatic rings. The average Bonchev–Trinajstić information content (AvgIpc) is 2.59. The molecule has 2 N–H and O–H groups in total. The summed E-state index contributed by atoms with van der Waals surface area (Å²) in [6.45, 7) is 1.17. The van der Waals surface area contributed by atoms with Crippen LogP contribution < -0.4 is 10.6 Å². The van der Waals surface area contributed by atoms with E-state index in [9.17, 15) is 4.79 Å². The third-order valence-corrected chi connectivity index (χ3v) is 3.10.